The summed E-state index contributed by atoms with van der Waals surface area (Å²) in [6.07, 6.45) is -4.70. The molecule has 0 spiro atoms. The molecule has 1 aromatic rings. The molecule has 0 heterocycles. The van der Waals surface area contributed by atoms with Gasteiger partial charge in [0, 0.05) is 0 Å². The molecule has 0 radical (unpaired) electrons. The molecule has 0 bridgehead atoms. The number of ether oxygens (including phenoxy) is 1. The van der Waals surface area contributed by atoms with Crippen LogP contribution < -0.4 is 5.73 Å². The second-order valence-electron chi connectivity index (χ2n) is 4.94. The van der Waals surface area contributed by atoms with E-state index in [0.29, 0.717) is 5.56 Å². The summed E-state index contributed by atoms with van der Waals surface area (Å²) in [7, 11) is 0. The topological polar surface area (TPSA) is 52.3 Å². The largest absolute Gasteiger partial charge is 0.460 e. The van der Waals surface area contributed by atoms with Crippen LogP contribution in [-0.2, 0) is 16.1 Å². The summed E-state index contributed by atoms with van der Waals surface area (Å²) in [5.41, 5.74) is 4.27. The summed E-state index contributed by atoms with van der Waals surface area (Å²) in [6, 6.07) is 6.55. The number of esters is 1. The molecule has 21 heavy (non-hydrogen) atoms. The number of carbonyl (C=O) groups is 1. The molecule has 0 amide bonds. The van der Waals surface area contributed by atoms with Crippen molar-refractivity contribution in [3.63, 3.8) is 0 Å². The summed E-state index contributed by atoms with van der Waals surface area (Å²) < 4.78 is 43.8. The number of alkyl halides is 3. The number of rotatable bonds is 6. The number of halogens is 3. The lowest BCUT2D eigenvalue weighted by atomic mass is 9.75. The predicted octanol–water partition coefficient (Wildman–Crippen LogP) is 3.43. The fourth-order valence-electron chi connectivity index (χ4n) is 2.29. The van der Waals surface area contributed by atoms with Gasteiger partial charge in [-0.05, 0) is 18.4 Å². The Morgan fingerprint density at radius 1 is 1.19 bits per heavy atom. The Kier molecular flexibility index (Phi) is 5.78. The monoisotopic (exact) mass is 303 g/mol. The molecule has 0 saturated carbocycles. The van der Waals surface area contributed by atoms with Gasteiger partial charge in [0.1, 0.15) is 12.6 Å². The van der Waals surface area contributed by atoms with Gasteiger partial charge in [-0.1, -0.05) is 44.2 Å². The van der Waals surface area contributed by atoms with Crippen molar-refractivity contribution in [3.05, 3.63) is 35.9 Å². The molecule has 118 valence electrons. The van der Waals surface area contributed by atoms with Crippen LogP contribution in [0.1, 0.15) is 32.3 Å². The third-order valence-electron chi connectivity index (χ3n) is 3.83. The zero-order valence-electron chi connectivity index (χ0n) is 12.1. The van der Waals surface area contributed by atoms with Gasteiger partial charge in [0.05, 0.1) is 5.41 Å². The maximum Gasteiger partial charge on any atom is 0.404 e. The van der Waals surface area contributed by atoms with Crippen molar-refractivity contribution >= 4 is 5.97 Å². The van der Waals surface area contributed by atoms with Gasteiger partial charge in [0.25, 0.3) is 0 Å². The summed E-state index contributed by atoms with van der Waals surface area (Å²) in [5, 5.41) is 0. The molecule has 0 aromatic heterocycles. The molecule has 3 nitrogen and oxygen atoms in total. The minimum absolute atomic E-state index is 0.0300. The zero-order valence-corrected chi connectivity index (χ0v) is 12.1. The molecule has 0 fully saturated rings. The highest BCUT2D eigenvalue weighted by Gasteiger charge is 2.54. The van der Waals surface area contributed by atoms with E-state index in [4.69, 9.17) is 10.5 Å². The molecular weight excluding hydrogens is 283 g/mol. The molecule has 1 atom stereocenters. The highest BCUT2D eigenvalue weighted by Crippen LogP contribution is 2.39. The zero-order chi connectivity index (χ0) is 16.1. The second kappa shape index (κ2) is 6.93. The normalized spacial score (nSPS) is 13.8. The lowest BCUT2D eigenvalue weighted by Gasteiger charge is -2.35. The molecule has 1 rings (SSSR count). The molecule has 0 saturated heterocycles. The van der Waals surface area contributed by atoms with Crippen LogP contribution in [0.5, 0.6) is 0 Å². The Morgan fingerprint density at radius 3 is 2.14 bits per heavy atom. The first-order chi connectivity index (χ1) is 9.78. The standard InChI is InChI=1S/C15H20F3NO2/c1-3-14(4-2,12(19)15(16,17)18)13(20)21-10-11-8-6-5-7-9-11/h5-9,12H,3-4,10,19H2,1-2H3/t12-/m1/s1. The second-order valence-corrected chi connectivity index (χ2v) is 4.94. The molecule has 0 aliphatic rings. The summed E-state index contributed by atoms with van der Waals surface area (Å²) in [5.74, 6) is -0.902. The lowest BCUT2D eigenvalue weighted by Crippen LogP contribution is -2.55. The van der Waals surface area contributed by atoms with Crippen molar-refractivity contribution in [2.24, 2.45) is 11.1 Å². The minimum atomic E-state index is -4.64. The van der Waals surface area contributed by atoms with Gasteiger partial charge in [-0.3, -0.25) is 4.79 Å². The van der Waals surface area contributed by atoms with Gasteiger partial charge in [-0.15, -0.1) is 0 Å². The quantitative estimate of drug-likeness (QED) is 0.819. The van der Waals surface area contributed by atoms with Crippen LogP contribution in [0.4, 0.5) is 13.2 Å². The van der Waals surface area contributed by atoms with Crippen molar-refractivity contribution in [2.75, 3.05) is 0 Å². The van der Waals surface area contributed by atoms with Crippen molar-refractivity contribution in [1.82, 2.24) is 0 Å². The van der Waals surface area contributed by atoms with Crippen molar-refractivity contribution in [1.29, 1.82) is 0 Å². The first-order valence-corrected chi connectivity index (χ1v) is 6.81. The molecule has 0 aliphatic carbocycles. The van der Waals surface area contributed by atoms with Gasteiger partial charge >= 0.3 is 12.1 Å². The third-order valence-corrected chi connectivity index (χ3v) is 3.83. The number of nitrogens with two attached hydrogens (primary N) is 1. The van der Waals surface area contributed by atoms with Crippen molar-refractivity contribution in [3.8, 4) is 0 Å². The van der Waals surface area contributed by atoms with Gasteiger partial charge in [0.15, 0.2) is 0 Å². The average Bonchev–Trinajstić information content (AvgIpc) is 2.47. The van der Waals surface area contributed by atoms with E-state index in [1.165, 1.54) is 13.8 Å². The van der Waals surface area contributed by atoms with Crippen LogP contribution in [0.15, 0.2) is 30.3 Å². The number of hydrogen-bond donors (Lipinski definition) is 1. The fraction of sp³-hybridized carbons (Fsp3) is 0.533. The summed E-state index contributed by atoms with van der Waals surface area (Å²) >= 11 is 0. The van der Waals surface area contributed by atoms with E-state index in [1.807, 2.05) is 0 Å². The first-order valence-electron chi connectivity index (χ1n) is 6.81. The van der Waals surface area contributed by atoms with Gasteiger partial charge < -0.3 is 10.5 Å². The maximum absolute atomic E-state index is 12.9. The van der Waals surface area contributed by atoms with Crippen LogP contribution in [0.25, 0.3) is 0 Å². The van der Waals surface area contributed by atoms with Gasteiger partial charge in [0.2, 0.25) is 0 Å². The molecule has 1 aromatic carbocycles. The Hall–Kier alpha value is -1.56. The number of benzene rings is 1. The molecule has 0 unspecified atom stereocenters. The highest BCUT2D eigenvalue weighted by molar-refractivity contribution is 5.78. The summed E-state index contributed by atoms with van der Waals surface area (Å²) in [6.45, 7) is 2.96. The van der Waals surface area contributed by atoms with E-state index in [-0.39, 0.29) is 19.4 Å². The predicted molar refractivity (Wildman–Crippen MR) is 73.3 cm³/mol. The van der Waals surface area contributed by atoms with Crippen LogP contribution in [0, 0.1) is 5.41 Å². The van der Waals surface area contributed by atoms with Crippen LogP contribution in [0.3, 0.4) is 0 Å². The van der Waals surface area contributed by atoms with E-state index in [2.05, 4.69) is 0 Å². The van der Waals surface area contributed by atoms with E-state index in [1.54, 1.807) is 30.3 Å². The van der Waals surface area contributed by atoms with E-state index in [9.17, 15) is 18.0 Å². The van der Waals surface area contributed by atoms with E-state index < -0.39 is 23.6 Å². The Morgan fingerprint density at radius 2 is 1.71 bits per heavy atom. The highest BCUT2D eigenvalue weighted by atomic mass is 19.4. The Balaban J connectivity index is 2.87. The number of carbonyl (C=O) groups excluding carboxylic acids is 1. The van der Waals surface area contributed by atoms with Crippen LogP contribution in [-0.4, -0.2) is 18.2 Å². The average molecular weight is 303 g/mol. The van der Waals surface area contributed by atoms with E-state index in [0.717, 1.165) is 0 Å². The SMILES string of the molecule is CCC(CC)(C(=O)OCc1ccccc1)[C@@H](N)C(F)(F)F. The summed E-state index contributed by atoms with van der Waals surface area (Å²) in [4.78, 5) is 12.2. The van der Waals surface area contributed by atoms with Gasteiger partial charge in [-0.25, -0.2) is 0 Å². The Bertz CT molecular complexity index is 456. The van der Waals surface area contributed by atoms with Gasteiger partial charge in [-0.2, -0.15) is 13.2 Å². The molecule has 0 aliphatic heterocycles. The smallest absolute Gasteiger partial charge is 0.404 e. The van der Waals surface area contributed by atoms with Crippen molar-refractivity contribution < 1.29 is 22.7 Å². The first kappa shape index (κ1) is 17.5. The molecular formula is C15H20F3NO2. The third kappa shape index (κ3) is 3.97. The van der Waals surface area contributed by atoms with Crippen LogP contribution in [0.2, 0.25) is 0 Å². The van der Waals surface area contributed by atoms with Crippen molar-refractivity contribution in [2.45, 2.75) is 45.5 Å². The Labute approximate surface area is 122 Å². The molecule has 6 heteroatoms. The maximum atomic E-state index is 12.9. The fourth-order valence-corrected chi connectivity index (χ4v) is 2.29. The van der Waals surface area contributed by atoms with E-state index >= 15 is 0 Å². The number of hydrogen-bond acceptors (Lipinski definition) is 3. The lowest BCUT2D eigenvalue weighted by molar-refractivity contribution is -0.195. The van der Waals surface area contributed by atoms with Crippen LogP contribution >= 0.6 is 0 Å². The minimum Gasteiger partial charge on any atom is -0.460 e. The molecule has 2 N–H and O–H groups in total.